The molecule has 8 nitrogen and oxygen atoms in total. The number of fused-ring (bicyclic) bond motifs is 5. The van der Waals surface area contributed by atoms with Crippen LogP contribution >= 0.6 is 0 Å². The van der Waals surface area contributed by atoms with Gasteiger partial charge in [-0.1, -0.05) is 52.2 Å². The first-order chi connectivity index (χ1) is 20.1. The number of carbonyl (C=O) groups excluding carboxylic acids is 1. The normalized spacial score (nSPS) is 37.2. The zero-order chi connectivity index (χ0) is 32.9. The maximum absolute atomic E-state index is 12.6. The number of rotatable bonds is 11. The van der Waals surface area contributed by atoms with Crippen molar-refractivity contribution in [1.82, 2.24) is 0 Å². The van der Waals surface area contributed by atoms with Crippen molar-refractivity contribution in [2.75, 3.05) is 19.1 Å². The Morgan fingerprint density at radius 1 is 1.00 bits per heavy atom. The van der Waals surface area contributed by atoms with Gasteiger partial charge >= 0.3 is 5.97 Å². The van der Waals surface area contributed by atoms with Crippen molar-refractivity contribution >= 4 is 26.2 Å². The molecule has 10 heteroatoms. The van der Waals surface area contributed by atoms with E-state index in [0.717, 1.165) is 70.5 Å². The molecule has 0 aromatic heterocycles. The largest absolute Gasteiger partial charge is 0.462 e. The Hall–Kier alpha value is -0.970. The molecule has 2 unspecified atom stereocenters. The summed E-state index contributed by atoms with van der Waals surface area (Å²) in [6.45, 7) is 15.0. The molecule has 0 N–H and O–H groups in total. The van der Waals surface area contributed by atoms with Gasteiger partial charge in [0.25, 0.3) is 20.2 Å². The maximum atomic E-state index is 12.6. The van der Waals surface area contributed by atoms with Crippen LogP contribution in [0.25, 0.3) is 0 Å². The summed E-state index contributed by atoms with van der Waals surface area (Å²) in [6.07, 6.45) is 13.7. The summed E-state index contributed by atoms with van der Waals surface area (Å²) in [4.78, 5) is 12.6. The summed E-state index contributed by atoms with van der Waals surface area (Å²) >= 11 is 0. The molecule has 3 saturated carbocycles. The number of ether oxygens (including phenoxy) is 1. The highest BCUT2D eigenvalue weighted by molar-refractivity contribution is 7.86. The third kappa shape index (κ3) is 7.93. The van der Waals surface area contributed by atoms with Gasteiger partial charge in [0.1, 0.15) is 6.10 Å². The third-order valence-corrected chi connectivity index (χ3v) is 13.0. The maximum Gasteiger partial charge on any atom is 0.311 e. The fraction of sp³-hybridized carbons (Fsp3) is 0.912. The van der Waals surface area contributed by atoms with Gasteiger partial charge in [-0.3, -0.25) is 13.2 Å². The molecule has 4 rings (SSSR count). The van der Waals surface area contributed by atoms with Gasteiger partial charge in [-0.25, -0.2) is 0 Å². The molecule has 0 radical (unpaired) electrons. The first kappa shape index (κ1) is 35.9. The average molecular weight is 659 g/mol. The Kier molecular flexibility index (Phi) is 10.5. The Morgan fingerprint density at radius 3 is 2.30 bits per heavy atom. The summed E-state index contributed by atoms with van der Waals surface area (Å²) in [5, 5.41) is 0. The third-order valence-electron chi connectivity index (χ3n) is 11.9. The minimum Gasteiger partial charge on any atom is -0.462 e. The summed E-state index contributed by atoms with van der Waals surface area (Å²) in [5.41, 5.74) is 1.01. The predicted molar refractivity (Wildman–Crippen MR) is 173 cm³/mol. The van der Waals surface area contributed by atoms with Gasteiger partial charge < -0.3 is 4.74 Å². The van der Waals surface area contributed by atoms with Crippen LogP contribution in [0.15, 0.2) is 11.6 Å². The van der Waals surface area contributed by atoms with Crippen molar-refractivity contribution < 1.29 is 34.7 Å². The fourth-order valence-corrected chi connectivity index (χ4v) is 10.8. The van der Waals surface area contributed by atoms with Crippen LogP contribution in [-0.2, 0) is 38.1 Å². The first-order valence-electron chi connectivity index (χ1n) is 16.8. The molecule has 0 saturated heterocycles. The summed E-state index contributed by atoms with van der Waals surface area (Å²) in [5.74, 6) is 1.79. The molecule has 0 aromatic carbocycles. The zero-order valence-corrected chi connectivity index (χ0v) is 30.2. The lowest BCUT2D eigenvalue weighted by Gasteiger charge is -2.58. The molecule has 3 fully saturated rings. The monoisotopic (exact) mass is 658 g/mol. The topological polar surface area (TPSA) is 113 Å². The second kappa shape index (κ2) is 12.9. The standard InChI is InChI=1S/C34H58O8S2/c1-22(21-40-43(8,36)37)11-10-12-23(2)30-29(42-44(9,38)39)20-28-26-14-13-24-19-25(41-31(35)32(3,4)5)15-17-33(24,6)27(26)16-18-34(28,30)7/h13,22-23,25-30H,10-12,14-21H2,1-9H3/t22-,23-,25?,26?,27+,28+,29+,30+,33+,34+/m1/s1. The number of hydrogen-bond donors (Lipinski definition) is 0. The van der Waals surface area contributed by atoms with Gasteiger partial charge in [-0.05, 0) is 112 Å². The Balaban J connectivity index is 1.49. The molecule has 0 aliphatic heterocycles. The lowest BCUT2D eigenvalue weighted by molar-refractivity contribution is -0.161. The first-order valence-corrected chi connectivity index (χ1v) is 20.4. The van der Waals surface area contributed by atoms with E-state index in [9.17, 15) is 21.6 Å². The Bertz CT molecular complexity index is 1300. The molecule has 4 aliphatic rings. The Morgan fingerprint density at radius 2 is 1.68 bits per heavy atom. The molecule has 0 heterocycles. The smallest absolute Gasteiger partial charge is 0.311 e. The van der Waals surface area contributed by atoms with Gasteiger partial charge in [0.15, 0.2) is 0 Å². The molecule has 0 bridgehead atoms. The van der Waals surface area contributed by atoms with Crippen molar-refractivity contribution in [3.05, 3.63) is 11.6 Å². The highest BCUT2D eigenvalue weighted by Crippen LogP contribution is 2.68. The van der Waals surface area contributed by atoms with E-state index in [-0.39, 0.29) is 53.4 Å². The van der Waals surface area contributed by atoms with Crippen molar-refractivity contribution in [3.63, 3.8) is 0 Å². The SMILES string of the molecule is C[C@H](CCC[C@@H](C)[C@H]1[C@@H](OS(C)(=O)=O)C[C@H]2C3CC=C4CC(OC(=O)C(C)(C)C)CC[C@]4(C)[C@H]3CC[C@]12C)COS(C)(=O)=O. The van der Waals surface area contributed by atoms with Crippen LogP contribution in [0.3, 0.4) is 0 Å². The van der Waals surface area contributed by atoms with E-state index in [1.54, 1.807) is 0 Å². The number of allylic oxidation sites excluding steroid dienone is 1. The van der Waals surface area contributed by atoms with E-state index in [0.29, 0.717) is 17.8 Å². The van der Waals surface area contributed by atoms with Crippen molar-refractivity contribution in [1.29, 1.82) is 0 Å². The van der Waals surface area contributed by atoms with E-state index in [1.165, 1.54) is 11.8 Å². The van der Waals surface area contributed by atoms with Gasteiger partial charge in [-0.15, -0.1) is 0 Å². The van der Waals surface area contributed by atoms with E-state index >= 15 is 0 Å². The van der Waals surface area contributed by atoms with E-state index in [1.807, 2.05) is 27.7 Å². The lowest BCUT2D eigenvalue weighted by Crippen LogP contribution is -2.51. The number of carbonyl (C=O) groups is 1. The molecule has 254 valence electrons. The number of hydrogen-bond acceptors (Lipinski definition) is 8. The summed E-state index contributed by atoms with van der Waals surface area (Å²) in [6, 6.07) is 0. The molecule has 0 aromatic rings. The van der Waals surface area contributed by atoms with Crippen molar-refractivity contribution in [2.45, 2.75) is 125 Å². The van der Waals surface area contributed by atoms with Crippen LogP contribution in [0.2, 0.25) is 0 Å². The molecule has 0 amide bonds. The van der Waals surface area contributed by atoms with E-state index in [4.69, 9.17) is 13.1 Å². The van der Waals surface area contributed by atoms with E-state index in [2.05, 4.69) is 26.8 Å². The Labute approximate surface area is 267 Å². The van der Waals surface area contributed by atoms with Gasteiger partial charge in [0.05, 0.1) is 30.6 Å². The van der Waals surface area contributed by atoms with Crippen LogP contribution in [0.5, 0.6) is 0 Å². The van der Waals surface area contributed by atoms with Crippen LogP contribution in [0, 0.1) is 51.8 Å². The van der Waals surface area contributed by atoms with Crippen molar-refractivity contribution in [2.24, 2.45) is 51.8 Å². The summed E-state index contributed by atoms with van der Waals surface area (Å²) < 4.78 is 64.6. The fourth-order valence-electron chi connectivity index (χ4n) is 9.71. The molecule has 4 aliphatic carbocycles. The zero-order valence-electron chi connectivity index (χ0n) is 28.6. The summed E-state index contributed by atoms with van der Waals surface area (Å²) in [7, 11) is -7.06. The van der Waals surface area contributed by atoms with Gasteiger partial charge in [0, 0.05) is 6.42 Å². The lowest BCUT2D eigenvalue weighted by atomic mass is 9.47. The highest BCUT2D eigenvalue weighted by Gasteiger charge is 2.62. The van der Waals surface area contributed by atoms with Crippen LogP contribution in [0.4, 0.5) is 0 Å². The minimum atomic E-state index is -3.61. The molecule has 44 heavy (non-hydrogen) atoms. The van der Waals surface area contributed by atoms with E-state index < -0.39 is 25.7 Å². The molecular formula is C34H58O8S2. The van der Waals surface area contributed by atoms with Gasteiger partial charge in [-0.2, -0.15) is 16.8 Å². The van der Waals surface area contributed by atoms with Crippen LogP contribution in [-0.4, -0.2) is 54.1 Å². The predicted octanol–water partition coefficient (Wildman–Crippen LogP) is 6.90. The van der Waals surface area contributed by atoms with Crippen LogP contribution in [0.1, 0.15) is 113 Å². The average Bonchev–Trinajstić information content (AvgIpc) is 3.16. The highest BCUT2D eigenvalue weighted by atomic mass is 32.2. The second-order valence-electron chi connectivity index (χ2n) is 16.4. The molecule has 0 spiro atoms. The molecule has 10 atom stereocenters. The second-order valence-corrected chi connectivity index (χ2v) is 19.7. The number of esters is 1. The molecular weight excluding hydrogens is 601 g/mol. The van der Waals surface area contributed by atoms with Crippen molar-refractivity contribution in [3.8, 4) is 0 Å². The minimum absolute atomic E-state index is 0.0118. The quantitative estimate of drug-likeness (QED) is 0.134. The van der Waals surface area contributed by atoms with Gasteiger partial charge in [0.2, 0.25) is 0 Å². The van der Waals surface area contributed by atoms with Crippen LogP contribution < -0.4 is 0 Å².